The Balaban J connectivity index is 2.22. The summed E-state index contributed by atoms with van der Waals surface area (Å²) in [4.78, 5) is 0. The molecule has 1 unspecified atom stereocenters. The highest BCUT2D eigenvalue weighted by atomic mass is 127. The minimum Gasteiger partial charge on any atom is -0.378 e. The van der Waals surface area contributed by atoms with Crippen LogP contribution in [0.2, 0.25) is 0 Å². The second kappa shape index (κ2) is 5.74. The largest absolute Gasteiger partial charge is 0.378 e. The maximum atomic E-state index is 3.57. The molecule has 0 spiro atoms. The van der Waals surface area contributed by atoms with Crippen molar-refractivity contribution in [3.63, 3.8) is 0 Å². The first-order valence-corrected chi connectivity index (χ1v) is 7.23. The molecule has 1 atom stereocenters. The number of para-hydroxylation sites is 1. The fourth-order valence-corrected chi connectivity index (χ4v) is 2.70. The van der Waals surface area contributed by atoms with Gasteiger partial charge in [-0.1, -0.05) is 41.5 Å². The Labute approximate surface area is 123 Å². The Morgan fingerprint density at radius 2 is 1.61 bits per heavy atom. The molecule has 0 heterocycles. The van der Waals surface area contributed by atoms with E-state index in [1.54, 1.807) is 0 Å². The lowest BCUT2D eigenvalue weighted by molar-refractivity contribution is 0.879. The van der Waals surface area contributed by atoms with E-state index in [4.69, 9.17) is 0 Å². The third-order valence-electron chi connectivity index (χ3n) is 2.99. The lowest BCUT2D eigenvalue weighted by atomic mass is 10.0. The predicted molar refractivity (Wildman–Crippen MR) is 87.1 cm³/mol. The molecular weight excluding hydrogens is 333 g/mol. The highest BCUT2D eigenvalue weighted by Gasteiger charge is 2.07. The molecule has 1 N–H and O–H groups in total. The van der Waals surface area contributed by atoms with E-state index in [0.717, 1.165) is 0 Å². The van der Waals surface area contributed by atoms with E-state index in [2.05, 4.69) is 91.1 Å². The number of rotatable bonds is 3. The molecule has 0 amide bonds. The average Bonchev–Trinajstić information content (AvgIpc) is 2.31. The van der Waals surface area contributed by atoms with Crippen molar-refractivity contribution < 1.29 is 0 Å². The van der Waals surface area contributed by atoms with E-state index < -0.39 is 0 Å². The molecule has 0 radical (unpaired) electrons. The van der Waals surface area contributed by atoms with Gasteiger partial charge in [-0.05, 0) is 61.1 Å². The molecule has 2 aromatic rings. The molecular formula is C16H18IN. The highest BCUT2D eigenvalue weighted by molar-refractivity contribution is 14.1. The summed E-state index contributed by atoms with van der Waals surface area (Å²) >= 11 is 2.36. The zero-order chi connectivity index (χ0) is 13.1. The SMILES string of the molecule is Cc1cc(C)cc(C(C)Nc2ccccc2I)c1. The molecule has 1 nitrogen and oxygen atoms in total. The predicted octanol–water partition coefficient (Wildman–Crippen LogP) is 5.08. The van der Waals surface area contributed by atoms with Crippen LogP contribution in [-0.4, -0.2) is 0 Å². The first-order chi connectivity index (χ1) is 8.56. The van der Waals surface area contributed by atoms with Crippen molar-refractivity contribution in [1.82, 2.24) is 0 Å². The minimum atomic E-state index is 0.319. The zero-order valence-corrected chi connectivity index (χ0v) is 13.2. The summed E-state index contributed by atoms with van der Waals surface area (Å²) in [6.07, 6.45) is 0. The number of aryl methyl sites for hydroxylation is 2. The molecule has 2 heteroatoms. The maximum Gasteiger partial charge on any atom is 0.0486 e. The van der Waals surface area contributed by atoms with Crippen molar-refractivity contribution in [2.24, 2.45) is 0 Å². The van der Waals surface area contributed by atoms with Crippen molar-refractivity contribution in [3.05, 3.63) is 62.7 Å². The van der Waals surface area contributed by atoms with E-state index in [1.807, 2.05) is 0 Å². The van der Waals surface area contributed by atoms with E-state index in [-0.39, 0.29) is 0 Å². The summed E-state index contributed by atoms with van der Waals surface area (Å²) in [7, 11) is 0. The van der Waals surface area contributed by atoms with Crippen LogP contribution in [0, 0.1) is 17.4 Å². The van der Waals surface area contributed by atoms with Crippen LogP contribution in [-0.2, 0) is 0 Å². The summed E-state index contributed by atoms with van der Waals surface area (Å²) in [5.41, 5.74) is 5.18. The number of hydrogen-bond donors (Lipinski definition) is 1. The molecule has 2 aromatic carbocycles. The van der Waals surface area contributed by atoms with Crippen LogP contribution in [0.5, 0.6) is 0 Å². The Morgan fingerprint density at radius 3 is 2.22 bits per heavy atom. The van der Waals surface area contributed by atoms with Gasteiger partial charge in [0.05, 0.1) is 0 Å². The van der Waals surface area contributed by atoms with Gasteiger partial charge in [0.15, 0.2) is 0 Å². The molecule has 0 saturated carbocycles. The third kappa shape index (κ3) is 3.25. The van der Waals surface area contributed by atoms with E-state index in [0.29, 0.717) is 6.04 Å². The summed E-state index contributed by atoms with van der Waals surface area (Å²) in [5, 5.41) is 3.57. The lowest BCUT2D eigenvalue weighted by Crippen LogP contribution is -2.08. The Bertz CT molecular complexity index is 528. The quantitative estimate of drug-likeness (QED) is 0.761. The van der Waals surface area contributed by atoms with E-state index >= 15 is 0 Å². The minimum absolute atomic E-state index is 0.319. The number of benzene rings is 2. The Morgan fingerprint density at radius 1 is 1.00 bits per heavy atom. The van der Waals surface area contributed by atoms with Gasteiger partial charge >= 0.3 is 0 Å². The van der Waals surface area contributed by atoms with Crippen molar-refractivity contribution in [2.75, 3.05) is 5.32 Å². The van der Waals surface area contributed by atoms with Gasteiger partial charge in [-0.2, -0.15) is 0 Å². The topological polar surface area (TPSA) is 12.0 Å². The van der Waals surface area contributed by atoms with Crippen LogP contribution < -0.4 is 5.32 Å². The van der Waals surface area contributed by atoms with Crippen LogP contribution in [0.3, 0.4) is 0 Å². The molecule has 0 aliphatic heterocycles. The highest BCUT2D eigenvalue weighted by Crippen LogP contribution is 2.24. The van der Waals surface area contributed by atoms with Gasteiger partial charge in [0.25, 0.3) is 0 Å². The molecule has 0 aliphatic carbocycles. The molecule has 0 aromatic heterocycles. The van der Waals surface area contributed by atoms with Gasteiger partial charge in [0, 0.05) is 15.3 Å². The molecule has 0 aliphatic rings. The molecule has 2 rings (SSSR count). The molecule has 18 heavy (non-hydrogen) atoms. The van der Waals surface area contributed by atoms with Crippen molar-refractivity contribution in [3.8, 4) is 0 Å². The van der Waals surface area contributed by atoms with Crippen LogP contribution in [0.25, 0.3) is 0 Å². The van der Waals surface area contributed by atoms with Gasteiger partial charge in [0.1, 0.15) is 0 Å². The van der Waals surface area contributed by atoms with Crippen molar-refractivity contribution in [1.29, 1.82) is 0 Å². The van der Waals surface area contributed by atoms with Gasteiger partial charge in [0.2, 0.25) is 0 Å². The molecule has 0 fully saturated rings. The van der Waals surface area contributed by atoms with Gasteiger partial charge in [-0.3, -0.25) is 0 Å². The molecule has 0 saturated heterocycles. The standard InChI is InChI=1S/C16H18IN/c1-11-8-12(2)10-14(9-11)13(3)18-16-7-5-4-6-15(16)17/h4-10,13,18H,1-3H3. The summed E-state index contributed by atoms with van der Waals surface area (Å²) < 4.78 is 1.26. The first-order valence-electron chi connectivity index (χ1n) is 6.15. The summed E-state index contributed by atoms with van der Waals surface area (Å²) in [5.74, 6) is 0. The smallest absolute Gasteiger partial charge is 0.0486 e. The Kier molecular flexibility index (Phi) is 4.27. The molecule has 0 bridgehead atoms. The summed E-state index contributed by atoms with van der Waals surface area (Å²) in [6, 6.07) is 15.4. The fourth-order valence-electron chi connectivity index (χ4n) is 2.15. The van der Waals surface area contributed by atoms with E-state index in [9.17, 15) is 0 Å². The van der Waals surface area contributed by atoms with Gasteiger partial charge in [-0.15, -0.1) is 0 Å². The van der Waals surface area contributed by atoms with Crippen LogP contribution >= 0.6 is 22.6 Å². The van der Waals surface area contributed by atoms with Crippen LogP contribution in [0.1, 0.15) is 29.7 Å². The monoisotopic (exact) mass is 351 g/mol. The van der Waals surface area contributed by atoms with Gasteiger partial charge in [-0.25, -0.2) is 0 Å². The summed E-state index contributed by atoms with van der Waals surface area (Å²) in [6.45, 7) is 6.50. The first kappa shape index (κ1) is 13.4. The Hall–Kier alpha value is -1.03. The number of hydrogen-bond acceptors (Lipinski definition) is 1. The molecule has 94 valence electrons. The fraction of sp³-hybridized carbons (Fsp3) is 0.250. The second-order valence-corrected chi connectivity index (χ2v) is 5.93. The third-order valence-corrected chi connectivity index (χ3v) is 3.93. The van der Waals surface area contributed by atoms with Crippen molar-refractivity contribution >= 4 is 28.3 Å². The van der Waals surface area contributed by atoms with E-state index in [1.165, 1.54) is 25.9 Å². The normalized spacial score (nSPS) is 12.2. The maximum absolute atomic E-state index is 3.57. The number of halogens is 1. The van der Waals surface area contributed by atoms with Crippen molar-refractivity contribution in [2.45, 2.75) is 26.8 Å². The van der Waals surface area contributed by atoms with Crippen LogP contribution in [0.15, 0.2) is 42.5 Å². The zero-order valence-electron chi connectivity index (χ0n) is 11.0. The second-order valence-electron chi connectivity index (χ2n) is 4.77. The average molecular weight is 351 g/mol. The number of anilines is 1. The number of nitrogens with one attached hydrogen (secondary N) is 1. The lowest BCUT2D eigenvalue weighted by Gasteiger charge is -2.18. The van der Waals surface area contributed by atoms with Gasteiger partial charge < -0.3 is 5.32 Å². The van der Waals surface area contributed by atoms with Crippen LogP contribution in [0.4, 0.5) is 5.69 Å².